The highest BCUT2D eigenvalue weighted by Gasteiger charge is 2.24. The number of hydrogen-bond donors (Lipinski definition) is 2. The summed E-state index contributed by atoms with van der Waals surface area (Å²) in [5.74, 6) is 0.364. The number of pyridine rings is 1. The lowest BCUT2D eigenvalue weighted by atomic mass is 9.87. The second-order valence-corrected chi connectivity index (χ2v) is 16.0. The maximum Gasteiger partial charge on any atom is 0.308 e. The first-order valence-corrected chi connectivity index (χ1v) is 21.8. The molecule has 326 valence electrons. The molecule has 0 bridgehead atoms. The van der Waals surface area contributed by atoms with Gasteiger partial charge in [-0.05, 0) is 116 Å². The van der Waals surface area contributed by atoms with Crippen molar-refractivity contribution in [1.82, 2.24) is 10.3 Å². The first kappa shape index (κ1) is 45.4. The van der Waals surface area contributed by atoms with Gasteiger partial charge < -0.3 is 39.1 Å². The molecule has 1 aromatic heterocycles. The molecule has 2 N–H and O–H groups in total. The molecule has 12 heteroatoms. The van der Waals surface area contributed by atoms with Gasteiger partial charge in [0.25, 0.3) is 11.8 Å². The van der Waals surface area contributed by atoms with Crippen molar-refractivity contribution in [3.05, 3.63) is 113 Å². The third-order valence-electron chi connectivity index (χ3n) is 10.7. The molecule has 2 amide bonds. The summed E-state index contributed by atoms with van der Waals surface area (Å²) in [6.07, 6.45) is 9.70. The second-order valence-electron chi connectivity index (χ2n) is 16.0. The van der Waals surface area contributed by atoms with E-state index in [1.807, 2.05) is 62.4 Å². The second kappa shape index (κ2) is 24.3. The van der Waals surface area contributed by atoms with E-state index in [2.05, 4.69) is 27.8 Å². The van der Waals surface area contributed by atoms with E-state index in [-0.39, 0.29) is 36.4 Å². The van der Waals surface area contributed by atoms with Gasteiger partial charge in [0.1, 0.15) is 5.75 Å². The van der Waals surface area contributed by atoms with Gasteiger partial charge in [0.05, 0.1) is 82.8 Å². The minimum Gasteiger partial charge on any atom is -0.490 e. The number of esters is 1. The Morgan fingerprint density at radius 2 is 1.48 bits per heavy atom. The highest BCUT2D eigenvalue weighted by molar-refractivity contribution is 6.06. The predicted octanol–water partition coefficient (Wildman–Crippen LogP) is 8.33. The molecule has 0 saturated heterocycles. The average Bonchev–Trinajstić information content (AvgIpc) is 3.26. The van der Waals surface area contributed by atoms with E-state index in [9.17, 15) is 14.4 Å². The van der Waals surface area contributed by atoms with Crippen molar-refractivity contribution in [2.24, 2.45) is 5.92 Å². The minimum atomic E-state index is -0.246. The molecule has 3 aromatic carbocycles. The quantitative estimate of drug-likeness (QED) is 0.0494. The van der Waals surface area contributed by atoms with Gasteiger partial charge in [-0.3, -0.25) is 19.4 Å². The molecule has 2 aliphatic rings. The van der Waals surface area contributed by atoms with Crippen LogP contribution in [-0.2, 0) is 41.3 Å². The van der Waals surface area contributed by atoms with Gasteiger partial charge in [0, 0.05) is 29.5 Å². The molecule has 1 fully saturated rings. The summed E-state index contributed by atoms with van der Waals surface area (Å²) in [6, 6.07) is 25.0. The van der Waals surface area contributed by atoms with Crippen LogP contribution in [0.3, 0.4) is 0 Å². The van der Waals surface area contributed by atoms with Crippen molar-refractivity contribution in [1.29, 1.82) is 0 Å². The van der Waals surface area contributed by atoms with E-state index in [0.717, 1.165) is 56.9 Å². The Hall–Kier alpha value is -5.14. The number of rotatable bonds is 25. The van der Waals surface area contributed by atoms with E-state index in [1.165, 1.54) is 11.1 Å². The van der Waals surface area contributed by atoms with E-state index < -0.39 is 0 Å². The topological polar surface area (TPSA) is 144 Å². The SMILES string of the molecule is CC(C)COC(=O)CCOCCOCCOCCOCCCc1cccc(C(=O)Nc2ccc(OC3CCC3)cc2-c2cc(C(=O)N[C@H]3CCCc4ccccc43)ccn2)c1. The molecule has 0 spiro atoms. The van der Waals surface area contributed by atoms with E-state index in [4.69, 9.17) is 28.4 Å². The Kier molecular flexibility index (Phi) is 18.1. The first-order valence-electron chi connectivity index (χ1n) is 21.8. The standard InChI is InChI=1S/C49H61N3O9/c1-35(2)34-60-47(53)21-24-57-26-28-59-30-29-58-27-25-56-23-8-10-36-9-5-13-38(31-36)48(54)52-45-19-18-41(61-40-14-7-15-40)33-43(45)46-32-39(20-22-50-46)49(55)51-44-17-6-12-37-11-3-4-16-42(37)44/h3-5,9,11,13,16,18-20,22,31-33,35,40,44H,6-8,10,12,14-15,17,21,23-30,34H2,1-2H3,(H,51,55)(H,52,54)/t44-/m0/s1. The Labute approximate surface area is 360 Å². The molecule has 6 rings (SSSR count). The number of nitrogens with one attached hydrogen (secondary N) is 2. The van der Waals surface area contributed by atoms with Crippen LogP contribution in [0.15, 0.2) is 85.1 Å². The van der Waals surface area contributed by atoms with Crippen molar-refractivity contribution in [3.63, 3.8) is 0 Å². The summed E-state index contributed by atoms with van der Waals surface area (Å²) >= 11 is 0. The number of carbonyl (C=O) groups is 3. The minimum absolute atomic E-state index is 0.0485. The highest BCUT2D eigenvalue weighted by atomic mass is 16.6. The van der Waals surface area contributed by atoms with Crippen molar-refractivity contribution in [3.8, 4) is 17.0 Å². The number of amides is 2. The van der Waals surface area contributed by atoms with Crippen LogP contribution in [0.25, 0.3) is 11.3 Å². The van der Waals surface area contributed by atoms with Crippen LogP contribution in [-0.4, -0.2) is 88.3 Å². The monoisotopic (exact) mass is 835 g/mol. The molecule has 1 saturated carbocycles. The largest absolute Gasteiger partial charge is 0.490 e. The number of fused-ring (bicyclic) bond motifs is 1. The molecular weight excluding hydrogens is 775 g/mol. The Balaban J connectivity index is 0.939. The predicted molar refractivity (Wildman–Crippen MR) is 234 cm³/mol. The van der Waals surface area contributed by atoms with Gasteiger partial charge in [-0.25, -0.2) is 0 Å². The number of aromatic nitrogens is 1. The fourth-order valence-corrected chi connectivity index (χ4v) is 7.15. The van der Waals surface area contributed by atoms with Gasteiger partial charge in [-0.1, -0.05) is 50.2 Å². The van der Waals surface area contributed by atoms with Gasteiger partial charge in [-0.2, -0.15) is 0 Å². The molecule has 0 unspecified atom stereocenters. The summed E-state index contributed by atoms with van der Waals surface area (Å²) < 4.78 is 33.6. The van der Waals surface area contributed by atoms with Crippen LogP contribution in [0.2, 0.25) is 0 Å². The average molecular weight is 836 g/mol. The van der Waals surface area contributed by atoms with Gasteiger partial charge in [0.15, 0.2) is 0 Å². The first-order chi connectivity index (χ1) is 29.8. The van der Waals surface area contributed by atoms with E-state index in [1.54, 1.807) is 24.4 Å². The summed E-state index contributed by atoms with van der Waals surface area (Å²) in [5, 5.41) is 6.37. The summed E-state index contributed by atoms with van der Waals surface area (Å²) in [5.41, 5.74) is 6.34. The fraction of sp³-hybridized carbons (Fsp3) is 0.469. The molecular formula is C49H61N3O9. The zero-order valence-corrected chi connectivity index (χ0v) is 35.7. The Morgan fingerprint density at radius 3 is 2.23 bits per heavy atom. The van der Waals surface area contributed by atoms with E-state index >= 15 is 0 Å². The molecule has 1 atom stereocenters. The number of benzene rings is 3. The number of anilines is 1. The van der Waals surface area contributed by atoms with Crippen LogP contribution < -0.4 is 15.4 Å². The molecule has 0 aliphatic heterocycles. The summed E-state index contributed by atoms with van der Waals surface area (Å²) in [4.78, 5) is 43.6. The summed E-state index contributed by atoms with van der Waals surface area (Å²) in [7, 11) is 0. The van der Waals surface area contributed by atoms with Crippen molar-refractivity contribution in [2.75, 3.05) is 64.8 Å². The van der Waals surface area contributed by atoms with Crippen molar-refractivity contribution < 1.29 is 42.8 Å². The number of nitrogens with zero attached hydrogens (tertiary/aromatic N) is 1. The van der Waals surface area contributed by atoms with Crippen LogP contribution >= 0.6 is 0 Å². The van der Waals surface area contributed by atoms with E-state index in [0.29, 0.717) is 99.2 Å². The number of carbonyl (C=O) groups excluding carboxylic acids is 3. The zero-order valence-electron chi connectivity index (χ0n) is 35.7. The van der Waals surface area contributed by atoms with Crippen LogP contribution in [0.1, 0.15) is 102 Å². The molecule has 0 radical (unpaired) electrons. The van der Waals surface area contributed by atoms with Crippen molar-refractivity contribution >= 4 is 23.5 Å². The zero-order chi connectivity index (χ0) is 42.7. The van der Waals surface area contributed by atoms with Crippen LogP contribution in [0.4, 0.5) is 5.69 Å². The number of aryl methyl sites for hydroxylation is 2. The summed E-state index contributed by atoms with van der Waals surface area (Å²) in [6.45, 7) is 7.98. The lowest BCUT2D eigenvalue weighted by Gasteiger charge is -2.27. The maximum atomic E-state index is 13.7. The Bertz CT molecular complexity index is 2020. The maximum absolute atomic E-state index is 13.7. The third kappa shape index (κ3) is 14.8. The van der Waals surface area contributed by atoms with Crippen LogP contribution in [0.5, 0.6) is 5.75 Å². The van der Waals surface area contributed by atoms with Gasteiger partial charge >= 0.3 is 5.97 Å². The molecule has 12 nitrogen and oxygen atoms in total. The normalized spacial score (nSPS) is 14.8. The van der Waals surface area contributed by atoms with Crippen molar-refractivity contribution in [2.45, 2.75) is 83.8 Å². The smallest absolute Gasteiger partial charge is 0.308 e. The Morgan fingerprint density at radius 1 is 0.738 bits per heavy atom. The fourth-order valence-electron chi connectivity index (χ4n) is 7.15. The lowest BCUT2D eigenvalue weighted by molar-refractivity contribution is -0.146. The number of hydrogen-bond acceptors (Lipinski definition) is 10. The molecule has 2 aliphatic carbocycles. The third-order valence-corrected chi connectivity index (χ3v) is 10.7. The molecule has 1 heterocycles. The van der Waals surface area contributed by atoms with Gasteiger partial charge in [0.2, 0.25) is 0 Å². The van der Waals surface area contributed by atoms with Crippen LogP contribution in [0, 0.1) is 5.92 Å². The molecule has 61 heavy (non-hydrogen) atoms. The van der Waals surface area contributed by atoms with Gasteiger partial charge in [-0.15, -0.1) is 0 Å². The number of ether oxygens (including phenoxy) is 6. The highest BCUT2D eigenvalue weighted by Crippen LogP contribution is 2.35. The lowest BCUT2D eigenvalue weighted by Crippen LogP contribution is -2.31. The molecule has 4 aromatic rings.